The van der Waals surface area contributed by atoms with Gasteiger partial charge in [-0.25, -0.2) is 15.0 Å². The van der Waals surface area contributed by atoms with E-state index in [0.717, 1.165) is 55.3 Å². The molecule has 4 heteroatoms. The lowest BCUT2D eigenvalue weighted by Crippen LogP contribution is -2.29. The van der Waals surface area contributed by atoms with Crippen LogP contribution in [0.2, 0.25) is 0 Å². The van der Waals surface area contributed by atoms with Gasteiger partial charge in [-0.15, -0.1) is 0 Å². The number of fused-ring (bicyclic) bond motifs is 15. The summed E-state index contributed by atoms with van der Waals surface area (Å²) in [5.41, 5.74) is 18.3. The largest absolute Gasteiger partial charge is 0.456 e. The van der Waals surface area contributed by atoms with Crippen LogP contribution in [0, 0.1) is 0 Å². The molecule has 1 spiro atoms. The van der Waals surface area contributed by atoms with Crippen LogP contribution in [0.4, 0.5) is 0 Å². The lowest BCUT2D eigenvalue weighted by molar-refractivity contribution is 0.669. The first-order valence-corrected chi connectivity index (χ1v) is 21.1. The molecule has 0 radical (unpaired) electrons. The van der Waals surface area contributed by atoms with Gasteiger partial charge in [0.05, 0.1) is 5.41 Å². The first kappa shape index (κ1) is 34.6. The van der Waals surface area contributed by atoms with E-state index in [4.69, 9.17) is 19.4 Å². The van der Waals surface area contributed by atoms with Crippen LogP contribution in [0.25, 0.3) is 101 Å². The zero-order valence-electron chi connectivity index (χ0n) is 33.5. The number of furan rings is 1. The van der Waals surface area contributed by atoms with E-state index in [9.17, 15) is 0 Å². The van der Waals surface area contributed by atoms with E-state index in [2.05, 4.69) is 182 Å². The quantitative estimate of drug-likeness (QED) is 0.178. The Balaban J connectivity index is 1.10. The summed E-state index contributed by atoms with van der Waals surface area (Å²) in [6.45, 7) is 0. The van der Waals surface area contributed by atoms with Crippen molar-refractivity contribution in [1.29, 1.82) is 0 Å². The second kappa shape index (κ2) is 13.4. The summed E-state index contributed by atoms with van der Waals surface area (Å²) in [5.74, 6) is 1.81. The fourth-order valence-electron chi connectivity index (χ4n) is 10.4. The lowest BCUT2D eigenvalue weighted by Gasteiger charge is -2.35. The number of aromatic nitrogens is 3. The molecule has 2 aliphatic rings. The Hall–Kier alpha value is -8.21. The summed E-state index contributed by atoms with van der Waals surface area (Å²) in [4.78, 5) is 16.2. The van der Waals surface area contributed by atoms with Gasteiger partial charge in [0, 0.05) is 27.5 Å². The van der Waals surface area contributed by atoms with Crippen LogP contribution in [0.15, 0.2) is 217 Å². The van der Waals surface area contributed by atoms with E-state index < -0.39 is 5.41 Å². The van der Waals surface area contributed by atoms with Crippen LogP contribution in [-0.2, 0) is 5.41 Å². The summed E-state index contributed by atoms with van der Waals surface area (Å²) >= 11 is 0. The van der Waals surface area contributed by atoms with Crippen LogP contribution < -0.4 is 0 Å². The standard InChI is InChI=1S/C58H35N3O/c1-2-16-36(17-3-1)37-32-34-38(35-33-37)55-59-56(61-57(60-55)46-25-15-31-52-54(46)44-23-9-13-30-51(44)62-52)45-24-14-29-50-53(45)43-22-8-12-28-49(43)58(50)47-26-10-6-20-41(47)39-18-4-5-19-40(39)42-21-7-11-27-48(42)58/h1-35H. The van der Waals surface area contributed by atoms with Gasteiger partial charge >= 0.3 is 0 Å². The molecule has 0 saturated heterocycles. The third-order valence-electron chi connectivity index (χ3n) is 13.0. The number of hydrogen-bond acceptors (Lipinski definition) is 4. The third-order valence-corrected chi connectivity index (χ3v) is 13.0. The first-order chi connectivity index (χ1) is 30.8. The summed E-state index contributed by atoms with van der Waals surface area (Å²) in [6.07, 6.45) is 0. The average molecular weight is 790 g/mol. The molecule has 0 amide bonds. The van der Waals surface area contributed by atoms with Crippen molar-refractivity contribution < 1.29 is 4.42 Å². The number of para-hydroxylation sites is 1. The second-order valence-electron chi connectivity index (χ2n) is 16.2. The molecular formula is C58H35N3O. The van der Waals surface area contributed by atoms with Crippen LogP contribution in [-0.4, -0.2) is 15.0 Å². The maximum atomic E-state index is 6.38. The molecule has 9 aromatic carbocycles. The van der Waals surface area contributed by atoms with E-state index >= 15 is 0 Å². The molecule has 2 aliphatic carbocycles. The van der Waals surface area contributed by atoms with Crippen LogP contribution in [0.1, 0.15) is 22.3 Å². The monoisotopic (exact) mass is 789 g/mol. The van der Waals surface area contributed by atoms with Crippen LogP contribution in [0.5, 0.6) is 0 Å². The number of rotatable bonds is 4. The molecule has 0 saturated carbocycles. The van der Waals surface area contributed by atoms with Crippen LogP contribution in [0.3, 0.4) is 0 Å². The van der Waals surface area contributed by atoms with Gasteiger partial charge in [0.1, 0.15) is 11.2 Å². The van der Waals surface area contributed by atoms with Crippen molar-refractivity contribution in [3.05, 3.63) is 235 Å². The highest BCUT2D eigenvalue weighted by molar-refractivity contribution is 6.12. The van der Waals surface area contributed by atoms with E-state index in [0.29, 0.717) is 17.5 Å². The highest BCUT2D eigenvalue weighted by Crippen LogP contribution is 2.62. The predicted molar refractivity (Wildman–Crippen MR) is 251 cm³/mol. The number of nitrogens with zero attached hydrogens (tertiary/aromatic N) is 3. The van der Waals surface area contributed by atoms with Gasteiger partial charge in [0.2, 0.25) is 0 Å². The van der Waals surface area contributed by atoms with Gasteiger partial charge < -0.3 is 4.42 Å². The van der Waals surface area contributed by atoms with Crippen molar-refractivity contribution in [3.8, 4) is 78.7 Å². The molecule has 0 fully saturated rings. The number of hydrogen-bond donors (Lipinski definition) is 0. The Morgan fingerprint density at radius 1 is 0.290 bits per heavy atom. The molecule has 2 heterocycles. The Bertz CT molecular complexity index is 3520. The zero-order chi connectivity index (χ0) is 40.8. The maximum absolute atomic E-state index is 6.38. The van der Waals surface area contributed by atoms with Gasteiger partial charge in [-0.3, -0.25) is 0 Å². The van der Waals surface area contributed by atoms with Crippen LogP contribution >= 0.6 is 0 Å². The summed E-state index contributed by atoms with van der Waals surface area (Å²) in [7, 11) is 0. The molecule has 4 nitrogen and oxygen atoms in total. The number of benzene rings is 9. The maximum Gasteiger partial charge on any atom is 0.164 e. The second-order valence-corrected chi connectivity index (χ2v) is 16.2. The molecule has 62 heavy (non-hydrogen) atoms. The molecule has 0 atom stereocenters. The lowest BCUT2D eigenvalue weighted by atomic mass is 9.66. The van der Waals surface area contributed by atoms with Gasteiger partial charge in [0.25, 0.3) is 0 Å². The van der Waals surface area contributed by atoms with Crippen molar-refractivity contribution >= 4 is 21.9 Å². The molecule has 0 N–H and O–H groups in total. The molecule has 11 aromatic rings. The molecule has 0 unspecified atom stereocenters. The molecule has 2 aromatic heterocycles. The Kier molecular flexibility index (Phi) is 7.49. The molecule has 0 bridgehead atoms. The topological polar surface area (TPSA) is 51.8 Å². The van der Waals surface area contributed by atoms with Gasteiger partial charge in [0.15, 0.2) is 17.5 Å². The van der Waals surface area contributed by atoms with Crippen molar-refractivity contribution in [3.63, 3.8) is 0 Å². The highest BCUT2D eigenvalue weighted by atomic mass is 16.3. The Labute approximate surface area is 358 Å². The fraction of sp³-hybridized carbons (Fsp3) is 0.0172. The first-order valence-electron chi connectivity index (χ1n) is 21.1. The summed E-state index contributed by atoms with van der Waals surface area (Å²) in [6, 6.07) is 75.8. The third kappa shape index (κ3) is 4.92. The van der Waals surface area contributed by atoms with Gasteiger partial charge in [-0.05, 0) is 78.9 Å². The smallest absolute Gasteiger partial charge is 0.164 e. The van der Waals surface area contributed by atoms with E-state index in [-0.39, 0.29) is 0 Å². The van der Waals surface area contributed by atoms with Crippen molar-refractivity contribution in [2.24, 2.45) is 0 Å². The van der Waals surface area contributed by atoms with Gasteiger partial charge in [-0.2, -0.15) is 0 Å². The Morgan fingerprint density at radius 2 is 0.742 bits per heavy atom. The minimum absolute atomic E-state index is 0.591. The van der Waals surface area contributed by atoms with E-state index in [1.807, 2.05) is 30.3 Å². The van der Waals surface area contributed by atoms with Crippen molar-refractivity contribution in [2.45, 2.75) is 5.41 Å². The normalized spacial score (nSPS) is 13.0. The van der Waals surface area contributed by atoms with Crippen molar-refractivity contribution in [1.82, 2.24) is 15.0 Å². The summed E-state index contributed by atoms with van der Waals surface area (Å²) in [5, 5.41) is 2.01. The molecular weight excluding hydrogens is 755 g/mol. The predicted octanol–water partition coefficient (Wildman–Crippen LogP) is 14.4. The average Bonchev–Trinajstić information content (AvgIpc) is 3.85. The van der Waals surface area contributed by atoms with Gasteiger partial charge in [-0.1, -0.05) is 200 Å². The van der Waals surface area contributed by atoms with E-state index in [1.165, 1.54) is 50.1 Å². The molecule has 288 valence electrons. The molecule has 13 rings (SSSR count). The zero-order valence-corrected chi connectivity index (χ0v) is 33.5. The van der Waals surface area contributed by atoms with E-state index in [1.54, 1.807) is 0 Å². The minimum Gasteiger partial charge on any atom is -0.456 e. The Morgan fingerprint density at radius 3 is 1.45 bits per heavy atom. The minimum atomic E-state index is -0.624. The highest BCUT2D eigenvalue weighted by Gasteiger charge is 2.50. The molecule has 0 aliphatic heterocycles. The SMILES string of the molecule is c1ccc(-c2ccc(-c3nc(-c4cccc5c4-c4ccccc4C54c5ccccc5-c5ccccc5-c5ccccc54)nc(-c4cccc5oc6ccccc6c45)n3)cc2)cc1. The summed E-state index contributed by atoms with van der Waals surface area (Å²) < 4.78 is 6.38. The van der Waals surface area contributed by atoms with Crippen molar-refractivity contribution in [2.75, 3.05) is 0 Å². The fourth-order valence-corrected chi connectivity index (χ4v) is 10.4.